The van der Waals surface area contributed by atoms with Crippen molar-refractivity contribution >= 4 is 10.9 Å². The second-order valence-corrected chi connectivity index (χ2v) is 8.97. The number of aryl methyl sites for hydroxylation is 4. The average molecular weight is 407 g/mol. The molecule has 1 fully saturated rings. The van der Waals surface area contributed by atoms with Gasteiger partial charge in [0.2, 0.25) is 0 Å². The van der Waals surface area contributed by atoms with Gasteiger partial charge in [-0.05, 0) is 67.5 Å². The molecule has 2 heterocycles. The van der Waals surface area contributed by atoms with Crippen molar-refractivity contribution in [2.24, 2.45) is 7.05 Å². The zero-order chi connectivity index (χ0) is 21.3. The number of rotatable bonds is 6. The Bertz CT molecular complexity index is 1030. The Hall–Kier alpha value is -2.30. The molecule has 4 rings (SSSR count). The zero-order valence-corrected chi connectivity index (χ0v) is 18.7. The summed E-state index contributed by atoms with van der Waals surface area (Å²) in [6, 6.07) is 12.8. The van der Waals surface area contributed by atoms with E-state index in [2.05, 4.69) is 73.8 Å². The van der Waals surface area contributed by atoms with Gasteiger partial charge in [-0.2, -0.15) is 0 Å². The fourth-order valence-corrected chi connectivity index (χ4v) is 4.58. The fraction of sp³-hybridized carbons (Fsp3) is 0.462. The lowest BCUT2D eigenvalue weighted by atomic mass is 9.92. The quantitative estimate of drug-likeness (QED) is 0.641. The minimum absolute atomic E-state index is 0.359. The molecular weight excluding hydrogens is 372 g/mol. The summed E-state index contributed by atoms with van der Waals surface area (Å²) in [6.07, 6.45) is 4.80. The first kappa shape index (κ1) is 21.0. The van der Waals surface area contributed by atoms with Gasteiger partial charge >= 0.3 is 0 Å². The van der Waals surface area contributed by atoms with Gasteiger partial charge in [0, 0.05) is 38.3 Å². The first-order valence-electron chi connectivity index (χ1n) is 11.1. The standard InChI is InChI=1S/C26H34N2O2/c1-5-21-7-6-8-24-22(16-27(4)25(21)24)17-28-13-11-26(29,12-14-28)18-30-23-10-9-19(2)20(3)15-23/h6-10,15-16,29H,5,11-14,17-18H2,1-4H3. The van der Waals surface area contributed by atoms with Crippen molar-refractivity contribution in [2.75, 3.05) is 19.7 Å². The number of fused-ring (bicyclic) bond motifs is 1. The van der Waals surface area contributed by atoms with E-state index in [-0.39, 0.29) is 0 Å². The van der Waals surface area contributed by atoms with Crippen molar-refractivity contribution < 1.29 is 9.84 Å². The Kier molecular flexibility index (Phi) is 5.90. The molecule has 0 spiro atoms. The summed E-state index contributed by atoms with van der Waals surface area (Å²) >= 11 is 0. The monoisotopic (exact) mass is 406 g/mol. The third-order valence-corrected chi connectivity index (χ3v) is 6.72. The van der Waals surface area contributed by atoms with E-state index in [1.165, 1.54) is 33.2 Å². The topological polar surface area (TPSA) is 37.6 Å². The van der Waals surface area contributed by atoms with Crippen molar-refractivity contribution in [1.82, 2.24) is 9.47 Å². The maximum absolute atomic E-state index is 11.0. The Labute approximate surface area is 180 Å². The summed E-state index contributed by atoms with van der Waals surface area (Å²) in [4.78, 5) is 2.46. The SMILES string of the molecule is CCc1cccc2c(CN3CCC(O)(COc4ccc(C)c(C)c4)CC3)cn(C)c12. The summed E-state index contributed by atoms with van der Waals surface area (Å²) < 4.78 is 8.22. The van der Waals surface area contributed by atoms with Gasteiger partial charge in [-0.1, -0.05) is 31.2 Å². The minimum atomic E-state index is -0.747. The Balaban J connectivity index is 1.37. The molecule has 1 saturated heterocycles. The van der Waals surface area contributed by atoms with Gasteiger partial charge < -0.3 is 14.4 Å². The molecule has 0 atom stereocenters. The molecule has 160 valence electrons. The van der Waals surface area contributed by atoms with Crippen LogP contribution in [0.3, 0.4) is 0 Å². The van der Waals surface area contributed by atoms with E-state index < -0.39 is 5.60 Å². The van der Waals surface area contributed by atoms with Gasteiger partial charge in [-0.3, -0.25) is 4.90 Å². The van der Waals surface area contributed by atoms with Crippen LogP contribution in [0.1, 0.15) is 42.0 Å². The van der Waals surface area contributed by atoms with E-state index in [0.717, 1.165) is 44.6 Å². The predicted octanol–water partition coefficient (Wildman–Crippen LogP) is 4.76. The second kappa shape index (κ2) is 8.44. The molecule has 0 radical (unpaired) electrons. The van der Waals surface area contributed by atoms with E-state index in [4.69, 9.17) is 4.74 Å². The van der Waals surface area contributed by atoms with Crippen LogP contribution in [-0.2, 0) is 20.0 Å². The number of ether oxygens (including phenoxy) is 1. The number of aliphatic hydroxyl groups is 1. The first-order valence-corrected chi connectivity index (χ1v) is 11.1. The van der Waals surface area contributed by atoms with Crippen LogP contribution in [-0.4, -0.2) is 39.9 Å². The number of para-hydroxylation sites is 1. The van der Waals surface area contributed by atoms with E-state index >= 15 is 0 Å². The van der Waals surface area contributed by atoms with Crippen molar-refractivity contribution in [1.29, 1.82) is 0 Å². The van der Waals surface area contributed by atoms with Crippen LogP contribution < -0.4 is 4.74 Å². The molecular formula is C26H34N2O2. The molecule has 0 aliphatic carbocycles. The van der Waals surface area contributed by atoms with Crippen LogP contribution in [0.2, 0.25) is 0 Å². The highest BCUT2D eigenvalue weighted by atomic mass is 16.5. The van der Waals surface area contributed by atoms with Crippen LogP contribution in [0.25, 0.3) is 10.9 Å². The molecule has 1 aliphatic rings. The van der Waals surface area contributed by atoms with E-state index in [1.807, 2.05) is 6.07 Å². The third-order valence-electron chi connectivity index (χ3n) is 6.72. The van der Waals surface area contributed by atoms with Crippen LogP contribution in [0.5, 0.6) is 5.75 Å². The van der Waals surface area contributed by atoms with E-state index in [1.54, 1.807) is 0 Å². The number of piperidine rings is 1. The number of aromatic nitrogens is 1. The Morgan fingerprint density at radius 2 is 1.80 bits per heavy atom. The molecule has 1 aromatic heterocycles. The number of hydrogen-bond acceptors (Lipinski definition) is 3. The van der Waals surface area contributed by atoms with Crippen molar-refractivity contribution in [3.63, 3.8) is 0 Å². The molecule has 0 unspecified atom stereocenters. The van der Waals surface area contributed by atoms with Crippen LogP contribution in [0.4, 0.5) is 0 Å². The minimum Gasteiger partial charge on any atom is -0.491 e. The van der Waals surface area contributed by atoms with Crippen LogP contribution >= 0.6 is 0 Å². The Morgan fingerprint density at radius 1 is 1.03 bits per heavy atom. The van der Waals surface area contributed by atoms with Crippen molar-refractivity contribution in [3.05, 3.63) is 64.8 Å². The molecule has 0 bridgehead atoms. The summed E-state index contributed by atoms with van der Waals surface area (Å²) in [5, 5.41) is 12.4. The summed E-state index contributed by atoms with van der Waals surface area (Å²) in [6.45, 7) is 9.46. The highest BCUT2D eigenvalue weighted by Gasteiger charge is 2.33. The van der Waals surface area contributed by atoms with E-state index in [0.29, 0.717) is 6.61 Å². The average Bonchev–Trinajstić information content (AvgIpc) is 3.06. The number of nitrogens with zero attached hydrogens (tertiary/aromatic N) is 2. The molecule has 30 heavy (non-hydrogen) atoms. The van der Waals surface area contributed by atoms with Gasteiger partial charge in [-0.15, -0.1) is 0 Å². The number of benzene rings is 2. The zero-order valence-electron chi connectivity index (χ0n) is 18.7. The highest BCUT2D eigenvalue weighted by molar-refractivity contribution is 5.86. The lowest BCUT2D eigenvalue weighted by molar-refractivity contribution is -0.0536. The normalized spacial score (nSPS) is 16.8. The van der Waals surface area contributed by atoms with E-state index in [9.17, 15) is 5.11 Å². The molecule has 2 aromatic carbocycles. The largest absolute Gasteiger partial charge is 0.491 e. The van der Waals surface area contributed by atoms with Gasteiger partial charge in [0.05, 0.1) is 5.52 Å². The van der Waals surface area contributed by atoms with Gasteiger partial charge in [0.1, 0.15) is 18.0 Å². The van der Waals surface area contributed by atoms with Crippen LogP contribution in [0, 0.1) is 13.8 Å². The molecule has 4 nitrogen and oxygen atoms in total. The number of likely N-dealkylation sites (tertiary alicyclic amines) is 1. The molecule has 1 aliphatic heterocycles. The van der Waals surface area contributed by atoms with Crippen molar-refractivity contribution in [3.8, 4) is 5.75 Å². The fourth-order valence-electron chi connectivity index (χ4n) is 4.58. The van der Waals surface area contributed by atoms with Gasteiger partial charge in [0.25, 0.3) is 0 Å². The molecule has 1 N–H and O–H groups in total. The first-order chi connectivity index (χ1) is 14.4. The lowest BCUT2D eigenvalue weighted by Gasteiger charge is -2.37. The van der Waals surface area contributed by atoms with Crippen molar-refractivity contribution in [2.45, 2.75) is 52.2 Å². The summed E-state index contributed by atoms with van der Waals surface area (Å²) in [5.41, 5.74) is 5.86. The molecule has 4 heteroatoms. The van der Waals surface area contributed by atoms with Gasteiger partial charge in [-0.25, -0.2) is 0 Å². The Morgan fingerprint density at radius 3 is 2.50 bits per heavy atom. The maximum atomic E-state index is 11.0. The predicted molar refractivity (Wildman–Crippen MR) is 123 cm³/mol. The van der Waals surface area contributed by atoms with Crippen LogP contribution in [0.15, 0.2) is 42.6 Å². The lowest BCUT2D eigenvalue weighted by Crippen LogP contribution is -2.47. The summed E-state index contributed by atoms with van der Waals surface area (Å²) in [7, 11) is 2.14. The maximum Gasteiger partial charge on any atom is 0.119 e. The summed E-state index contributed by atoms with van der Waals surface area (Å²) in [5.74, 6) is 0.844. The molecule has 0 saturated carbocycles. The molecule has 0 amide bonds. The number of hydrogen-bond donors (Lipinski definition) is 1. The smallest absolute Gasteiger partial charge is 0.119 e. The third kappa shape index (κ3) is 4.26. The van der Waals surface area contributed by atoms with Gasteiger partial charge in [0.15, 0.2) is 0 Å². The molecule has 3 aromatic rings. The highest BCUT2D eigenvalue weighted by Crippen LogP contribution is 2.29. The second-order valence-electron chi connectivity index (χ2n) is 8.97.